The number of rotatable bonds is 4. The van der Waals surface area contributed by atoms with E-state index in [4.69, 9.17) is 11.1 Å². The van der Waals surface area contributed by atoms with Crippen molar-refractivity contribution in [3.8, 4) is 0 Å². The van der Waals surface area contributed by atoms with Gasteiger partial charge in [0.1, 0.15) is 11.7 Å². The highest BCUT2D eigenvalue weighted by Crippen LogP contribution is 2.36. The van der Waals surface area contributed by atoms with E-state index >= 15 is 0 Å². The number of nitrogens with two attached hydrogens (primary N) is 1. The first-order chi connectivity index (χ1) is 8.02. The number of hydrogen-bond donors (Lipinski definition) is 2. The molecule has 0 amide bonds. The van der Waals surface area contributed by atoms with Crippen LogP contribution in [-0.2, 0) is 0 Å². The van der Waals surface area contributed by atoms with Gasteiger partial charge in [0.25, 0.3) is 0 Å². The van der Waals surface area contributed by atoms with Gasteiger partial charge in [-0.25, -0.2) is 4.98 Å². The topological polar surface area (TPSA) is 66.0 Å². The monoisotopic (exact) mass is 232 g/mol. The summed E-state index contributed by atoms with van der Waals surface area (Å²) in [5.74, 6) is 1.69. The Balaban J connectivity index is 2.36. The fraction of sp³-hybridized carbons (Fsp3) is 0.538. The normalized spacial score (nSPS) is 16.6. The van der Waals surface area contributed by atoms with Gasteiger partial charge in [0, 0.05) is 19.3 Å². The molecule has 1 heterocycles. The Hall–Kier alpha value is -1.58. The van der Waals surface area contributed by atoms with Crippen molar-refractivity contribution in [1.29, 1.82) is 5.41 Å². The molecule has 4 heteroatoms. The predicted octanol–water partition coefficient (Wildman–Crippen LogP) is 1.91. The smallest absolute Gasteiger partial charge is 0.139 e. The molecule has 17 heavy (non-hydrogen) atoms. The van der Waals surface area contributed by atoms with Crippen molar-refractivity contribution in [2.75, 3.05) is 11.9 Å². The maximum Gasteiger partial charge on any atom is 0.139 e. The van der Waals surface area contributed by atoms with E-state index in [1.165, 1.54) is 12.8 Å². The Labute approximate surface area is 102 Å². The molecular weight excluding hydrogens is 212 g/mol. The molecule has 1 aliphatic carbocycles. The minimum absolute atomic E-state index is 0.0976. The number of amidine groups is 1. The number of hydrogen-bond acceptors (Lipinski definition) is 3. The molecule has 2 rings (SSSR count). The van der Waals surface area contributed by atoms with Gasteiger partial charge in [-0.05, 0) is 44.2 Å². The highest BCUT2D eigenvalue weighted by molar-refractivity contribution is 6.01. The van der Waals surface area contributed by atoms with Crippen molar-refractivity contribution >= 4 is 11.7 Å². The Morgan fingerprint density at radius 2 is 2.24 bits per heavy atom. The van der Waals surface area contributed by atoms with Crippen LogP contribution in [0.2, 0.25) is 0 Å². The molecule has 0 saturated heterocycles. The molecule has 0 radical (unpaired) electrons. The minimum atomic E-state index is 0.0976. The van der Waals surface area contributed by atoms with E-state index in [2.05, 4.69) is 16.8 Å². The molecule has 0 aromatic carbocycles. The Bertz CT molecular complexity index is 437. The molecule has 1 atom stereocenters. The van der Waals surface area contributed by atoms with Gasteiger partial charge in [-0.3, -0.25) is 5.41 Å². The second-order valence-corrected chi connectivity index (χ2v) is 4.93. The number of nitrogens with one attached hydrogen (secondary N) is 1. The molecular formula is C13H20N4. The number of aromatic nitrogens is 1. The van der Waals surface area contributed by atoms with Crippen LogP contribution in [0.5, 0.6) is 0 Å². The quantitative estimate of drug-likeness (QED) is 0.615. The van der Waals surface area contributed by atoms with Crippen molar-refractivity contribution in [3.05, 3.63) is 23.4 Å². The fourth-order valence-corrected chi connectivity index (χ4v) is 2.23. The molecule has 1 aromatic heterocycles. The maximum absolute atomic E-state index is 7.69. The lowest BCUT2D eigenvalue weighted by atomic mass is 10.1. The van der Waals surface area contributed by atoms with Crippen molar-refractivity contribution < 1.29 is 0 Å². The van der Waals surface area contributed by atoms with E-state index < -0.39 is 0 Å². The third-order valence-electron chi connectivity index (χ3n) is 3.66. The van der Waals surface area contributed by atoms with E-state index in [-0.39, 0.29) is 5.84 Å². The maximum atomic E-state index is 7.69. The SMILES string of the molecule is Cc1ccnc(N(C)C(C)C2CC2)c1C(=N)N. The summed E-state index contributed by atoms with van der Waals surface area (Å²) in [5.41, 5.74) is 7.44. The van der Waals surface area contributed by atoms with Gasteiger partial charge in [-0.2, -0.15) is 0 Å². The molecule has 1 fully saturated rings. The first kappa shape index (κ1) is 11.9. The lowest BCUT2D eigenvalue weighted by molar-refractivity contribution is 0.603. The zero-order valence-electron chi connectivity index (χ0n) is 10.7. The Kier molecular flexibility index (Phi) is 3.05. The van der Waals surface area contributed by atoms with Gasteiger partial charge in [-0.15, -0.1) is 0 Å². The van der Waals surface area contributed by atoms with Crippen LogP contribution in [0.15, 0.2) is 12.3 Å². The molecule has 1 unspecified atom stereocenters. The van der Waals surface area contributed by atoms with E-state index in [1.807, 2.05) is 20.0 Å². The summed E-state index contributed by atoms with van der Waals surface area (Å²) in [4.78, 5) is 6.55. The lowest BCUT2D eigenvalue weighted by Gasteiger charge is -2.28. The zero-order valence-corrected chi connectivity index (χ0v) is 10.7. The zero-order chi connectivity index (χ0) is 12.6. The summed E-state index contributed by atoms with van der Waals surface area (Å²) in [6.07, 6.45) is 4.38. The van der Waals surface area contributed by atoms with E-state index in [0.717, 1.165) is 22.9 Å². The standard InChI is InChI=1S/C13H20N4/c1-8-6-7-16-13(11(8)12(14)15)17(3)9(2)10-4-5-10/h6-7,9-10H,4-5H2,1-3H3,(H3,14,15). The summed E-state index contributed by atoms with van der Waals surface area (Å²) >= 11 is 0. The average Bonchev–Trinajstić information content (AvgIpc) is 3.10. The van der Waals surface area contributed by atoms with Crippen LogP contribution in [0.1, 0.15) is 30.9 Å². The minimum Gasteiger partial charge on any atom is -0.384 e. The second-order valence-electron chi connectivity index (χ2n) is 4.93. The summed E-state index contributed by atoms with van der Waals surface area (Å²) in [7, 11) is 2.04. The van der Waals surface area contributed by atoms with Crippen LogP contribution in [0.4, 0.5) is 5.82 Å². The summed E-state index contributed by atoms with van der Waals surface area (Å²) in [6, 6.07) is 2.36. The predicted molar refractivity (Wildman–Crippen MR) is 70.6 cm³/mol. The van der Waals surface area contributed by atoms with Crippen LogP contribution >= 0.6 is 0 Å². The summed E-state index contributed by atoms with van der Waals surface area (Å²) < 4.78 is 0. The number of nitrogens with zero attached hydrogens (tertiary/aromatic N) is 2. The molecule has 92 valence electrons. The third kappa shape index (κ3) is 2.25. The largest absolute Gasteiger partial charge is 0.384 e. The number of aryl methyl sites for hydroxylation is 1. The summed E-state index contributed by atoms with van der Waals surface area (Å²) in [5, 5.41) is 7.69. The van der Waals surface area contributed by atoms with Crippen LogP contribution in [0, 0.1) is 18.3 Å². The summed E-state index contributed by atoms with van der Waals surface area (Å²) in [6.45, 7) is 4.18. The van der Waals surface area contributed by atoms with Gasteiger partial charge in [0.15, 0.2) is 0 Å². The van der Waals surface area contributed by atoms with E-state index in [1.54, 1.807) is 6.20 Å². The first-order valence-corrected chi connectivity index (χ1v) is 6.05. The molecule has 1 saturated carbocycles. The second kappa shape index (κ2) is 4.35. The van der Waals surface area contributed by atoms with Crippen molar-refractivity contribution in [1.82, 2.24) is 4.98 Å². The van der Waals surface area contributed by atoms with Crippen LogP contribution in [0.3, 0.4) is 0 Å². The van der Waals surface area contributed by atoms with Crippen LogP contribution in [0.25, 0.3) is 0 Å². The third-order valence-corrected chi connectivity index (χ3v) is 3.66. The molecule has 1 aromatic rings. The van der Waals surface area contributed by atoms with Crippen LogP contribution in [-0.4, -0.2) is 23.9 Å². The molecule has 0 spiro atoms. The number of anilines is 1. The molecule has 0 bridgehead atoms. The fourth-order valence-electron chi connectivity index (χ4n) is 2.23. The van der Waals surface area contributed by atoms with Gasteiger partial charge in [-0.1, -0.05) is 0 Å². The van der Waals surface area contributed by atoms with Gasteiger partial charge in [0.05, 0.1) is 5.56 Å². The first-order valence-electron chi connectivity index (χ1n) is 6.05. The van der Waals surface area contributed by atoms with Crippen molar-refractivity contribution in [2.24, 2.45) is 11.7 Å². The highest BCUT2D eigenvalue weighted by atomic mass is 15.2. The van der Waals surface area contributed by atoms with Crippen molar-refractivity contribution in [2.45, 2.75) is 32.7 Å². The van der Waals surface area contributed by atoms with Gasteiger partial charge < -0.3 is 10.6 Å². The number of pyridine rings is 1. The molecule has 1 aliphatic rings. The average molecular weight is 232 g/mol. The van der Waals surface area contributed by atoms with Gasteiger partial charge >= 0.3 is 0 Å². The van der Waals surface area contributed by atoms with Crippen molar-refractivity contribution in [3.63, 3.8) is 0 Å². The number of nitrogen functional groups attached to an aromatic ring is 1. The molecule has 4 nitrogen and oxygen atoms in total. The Morgan fingerprint density at radius 1 is 1.59 bits per heavy atom. The molecule has 3 N–H and O–H groups in total. The van der Waals surface area contributed by atoms with Crippen LogP contribution < -0.4 is 10.6 Å². The Morgan fingerprint density at radius 3 is 2.76 bits per heavy atom. The lowest BCUT2D eigenvalue weighted by Crippen LogP contribution is -2.33. The van der Waals surface area contributed by atoms with E-state index in [0.29, 0.717) is 6.04 Å². The van der Waals surface area contributed by atoms with Gasteiger partial charge in [0.2, 0.25) is 0 Å². The molecule has 0 aliphatic heterocycles. The highest BCUT2D eigenvalue weighted by Gasteiger charge is 2.32. The van der Waals surface area contributed by atoms with E-state index in [9.17, 15) is 0 Å².